The number of rotatable bonds is 0. The van der Waals surface area contributed by atoms with Gasteiger partial charge in [0.25, 0.3) is 6.71 Å². The molecule has 0 atom stereocenters. The Kier molecular flexibility index (Phi) is 2.24. The fraction of sp³-hybridized carbons (Fsp3) is 0.0909. The molecule has 36 heavy (non-hydrogen) atoms. The van der Waals surface area contributed by atoms with Gasteiger partial charge in [0.05, 0.1) is 13.8 Å². The van der Waals surface area contributed by atoms with Crippen LogP contribution in [0, 0.1) is 20.6 Å². The van der Waals surface area contributed by atoms with Crippen molar-refractivity contribution in [1.82, 2.24) is 9.13 Å². The Bertz CT molecular complexity index is 2460. The number of hydrogen-bond donors (Lipinski definition) is 0. The first-order valence-electron chi connectivity index (χ1n) is 16.2. The summed E-state index contributed by atoms with van der Waals surface area (Å²) in [6.07, 6.45) is 0. The molecule has 168 valence electrons. The molecule has 7 aromatic rings. The lowest BCUT2D eigenvalue weighted by atomic mass is 9.34. The minimum atomic E-state index is -2.41. The topological polar surface area (TPSA) is 9.86 Å². The van der Waals surface area contributed by atoms with Crippen molar-refractivity contribution in [3.05, 3.63) is 102 Å². The van der Waals surface area contributed by atoms with Gasteiger partial charge in [0, 0.05) is 52.2 Å². The Hall–Kier alpha value is -4.24. The van der Waals surface area contributed by atoms with Crippen LogP contribution < -0.4 is 16.4 Å². The van der Waals surface area contributed by atoms with Crippen molar-refractivity contribution >= 4 is 66.7 Å². The van der Waals surface area contributed by atoms with Gasteiger partial charge in [-0.2, -0.15) is 0 Å². The molecule has 3 heteroatoms. The fourth-order valence-corrected chi connectivity index (χ4v) is 6.88. The fourth-order valence-electron chi connectivity index (χ4n) is 6.88. The third kappa shape index (κ3) is 2.04. The first-order valence-corrected chi connectivity index (χ1v) is 12.2. The van der Waals surface area contributed by atoms with E-state index in [-0.39, 0.29) is 23.2 Å². The van der Waals surface area contributed by atoms with Crippen LogP contribution in [0.5, 0.6) is 0 Å². The molecule has 2 aliphatic heterocycles. The molecule has 0 saturated heterocycles. The zero-order valence-corrected chi connectivity index (χ0v) is 19.4. The van der Waals surface area contributed by atoms with Crippen LogP contribution in [0.2, 0.25) is 0 Å². The van der Waals surface area contributed by atoms with Gasteiger partial charge in [0.2, 0.25) is 0 Å². The second-order valence-corrected chi connectivity index (χ2v) is 10.0. The summed E-state index contributed by atoms with van der Waals surface area (Å²) in [6.45, 7) is -3.38. The molecular formula is C33H23BN2. The molecule has 9 rings (SSSR count). The predicted octanol–water partition coefficient (Wildman–Crippen LogP) is 5.95. The van der Waals surface area contributed by atoms with Crippen molar-refractivity contribution < 1.29 is 11.0 Å². The summed E-state index contributed by atoms with van der Waals surface area (Å²) in [5, 5.41) is 3.39. The molecule has 0 spiro atoms. The van der Waals surface area contributed by atoms with Crippen molar-refractivity contribution in [3.8, 4) is 11.4 Å². The summed E-state index contributed by atoms with van der Waals surface area (Å²) in [4.78, 5) is 0. The van der Waals surface area contributed by atoms with E-state index in [9.17, 15) is 2.74 Å². The molecule has 0 aliphatic carbocycles. The first kappa shape index (κ1) is 13.2. The molecule has 0 N–H and O–H groups in total. The minimum Gasteiger partial charge on any atom is -0.310 e. The van der Waals surface area contributed by atoms with Gasteiger partial charge in [-0.3, -0.25) is 0 Å². The number of hydrogen-bond acceptors (Lipinski definition) is 0. The lowest BCUT2D eigenvalue weighted by Crippen LogP contribution is -2.59. The molecule has 5 aromatic carbocycles. The average molecular weight is 466 g/mol. The standard InChI is InChI=1S/C33H23BN2/c1-18-11-12-28-23(13-18)24-14-19(2)15-26-33(24)36(28)30-17-20(3)16-29-31(30)34(26)25-9-6-8-22-21-7-4-5-10-27(21)35(29)32(22)25/h4-17H,1-3H3/i1D3,2D3,16D,17D. The maximum Gasteiger partial charge on any atom is 0.252 e. The summed E-state index contributed by atoms with van der Waals surface area (Å²) in [5.74, 6) is 0. The van der Waals surface area contributed by atoms with Crippen molar-refractivity contribution in [1.29, 1.82) is 0 Å². The highest BCUT2D eigenvalue weighted by molar-refractivity contribution is 7.00. The summed E-state index contributed by atoms with van der Waals surface area (Å²) < 4.78 is 72.4. The predicted molar refractivity (Wildman–Crippen MR) is 154 cm³/mol. The van der Waals surface area contributed by atoms with Crippen molar-refractivity contribution in [2.45, 2.75) is 20.6 Å². The number of fused-ring (bicyclic) bond motifs is 10. The smallest absolute Gasteiger partial charge is 0.252 e. The monoisotopic (exact) mass is 466 g/mol. The molecular weight excluding hydrogens is 435 g/mol. The zero-order valence-electron chi connectivity index (χ0n) is 27.4. The number of aromatic nitrogens is 2. The molecule has 0 unspecified atom stereocenters. The minimum absolute atomic E-state index is 0.168. The zero-order chi connectivity index (χ0) is 30.6. The van der Waals surface area contributed by atoms with Gasteiger partial charge in [-0.25, -0.2) is 0 Å². The third-order valence-corrected chi connectivity index (χ3v) is 8.10. The summed E-state index contributed by atoms with van der Waals surface area (Å²) >= 11 is 0. The van der Waals surface area contributed by atoms with Crippen molar-refractivity contribution in [3.63, 3.8) is 0 Å². The highest BCUT2D eigenvalue weighted by Gasteiger charge is 2.40. The van der Waals surface area contributed by atoms with E-state index in [0.717, 1.165) is 43.7 Å². The second-order valence-electron chi connectivity index (χ2n) is 10.0. The lowest BCUT2D eigenvalue weighted by molar-refractivity contribution is 1.13. The molecule has 0 fully saturated rings. The van der Waals surface area contributed by atoms with Crippen LogP contribution in [0.3, 0.4) is 0 Å². The second kappa shape index (κ2) is 6.11. The van der Waals surface area contributed by atoms with E-state index in [1.807, 2.05) is 29.7 Å². The van der Waals surface area contributed by atoms with Gasteiger partial charge >= 0.3 is 0 Å². The van der Waals surface area contributed by atoms with Crippen LogP contribution in [-0.4, -0.2) is 15.8 Å². The molecule has 0 radical (unpaired) electrons. The molecule has 2 aliphatic rings. The summed E-state index contributed by atoms with van der Waals surface area (Å²) in [6, 6.07) is 23.2. The van der Waals surface area contributed by atoms with Gasteiger partial charge in [-0.1, -0.05) is 59.7 Å². The Balaban J connectivity index is 1.57. The van der Waals surface area contributed by atoms with E-state index in [0.29, 0.717) is 33.2 Å². The van der Waals surface area contributed by atoms with Gasteiger partial charge in [0.15, 0.2) is 0 Å². The van der Waals surface area contributed by atoms with E-state index < -0.39 is 20.4 Å². The van der Waals surface area contributed by atoms with Crippen molar-refractivity contribution in [2.24, 2.45) is 0 Å². The van der Waals surface area contributed by atoms with Gasteiger partial charge < -0.3 is 9.13 Å². The van der Waals surface area contributed by atoms with Crippen molar-refractivity contribution in [2.75, 3.05) is 0 Å². The maximum absolute atomic E-state index is 9.43. The third-order valence-electron chi connectivity index (χ3n) is 8.10. The molecule has 0 saturated carbocycles. The Labute approximate surface area is 220 Å². The van der Waals surface area contributed by atoms with E-state index >= 15 is 0 Å². The largest absolute Gasteiger partial charge is 0.310 e. The van der Waals surface area contributed by atoms with Crippen LogP contribution >= 0.6 is 0 Å². The lowest BCUT2D eigenvalue weighted by Gasteiger charge is -2.34. The first-order chi connectivity index (χ1) is 20.9. The van der Waals surface area contributed by atoms with Crippen LogP contribution in [-0.2, 0) is 0 Å². The Morgan fingerprint density at radius 2 is 1.36 bits per heavy atom. The maximum atomic E-state index is 9.43. The normalized spacial score (nSPS) is 17.3. The highest BCUT2D eigenvalue weighted by Crippen LogP contribution is 2.39. The van der Waals surface area contributed by atoms with Gasteiger partial charge in [-0.15, -0.1) is 0 Å². The molecule has 0 bridgehead atoms. The molecule has 2 nitrogen and oxygen atoms in total. The average Bonchev–Trinajstić information content (AvgIpc) is 3.49. The molecule has 4 heterocycles. The van der Waals surface area contributed by atoms with E-state index in [4.69, 9.17) is 8.22 Å². The Morgan fingerprint density at radius 3 is 2.19 bits per heavy atom. The number of nitrogens with zero attached hydrogens (tertiary/aromatic N) is 2. The molecule has 0 amide bonds. The SMILES string of the molecule is [2H]c1c(C)c([2H])c2c3c1-n1c4ccccc4c4cccc(c41)B3c1cc(C([2H])([2H])[2H])cc3c4cc(C([2H])([2H])[2H])ccc4n-2c13. The van der Waals surface area contributed by atoms with Crippen LogP contribution in [0.4, 0.5) is 0 Å². The highest BCUT2D eigenvalue weighted by atomic mass is 15.0. The molecule has 2 aromatic heterocycles. The number of para-hydroxylation sites is 2. The van der Waals surface area contributed by atoms with E-state index in [2.05, 4.69) is 28.8 Å². The van der Waals surface area contributed by atoms with Crippen LogP contribution in [0.25, 0.3) is 55.0 Å². The Morgan fingerprint density at radius 1 is 0.639 bits per heavy atom. The summed E-state index contributed by atoms with van der Waals surface area (Å²) in [7, 11) is 0. The van der Waals surface area contributed by atoms with E-state index in [1.165, 1.54) is 0 Å². The quantitative estimate of drug-likeness (QED) is 0.245. The van der Waals surface area contributed by atoms with Gasteiger partial charge in [0.1, 0.15) is 0 Å². The summed E-state index contributed by atoms with van der Waals surface area (Å²) in [5.41, 5.74) is 8.19. The van der Waals surface area contributed by atoms with Gasteiger partial charge in [-0.05, 0) is 78.9 Å². The van der Waals surface area contributed by atoms with Crippen LogP contribution in [0.15, 0.2) is 84.9 Å². The van der Waals surface area contributed by atoms with Crippen LogP contribution in [0.1, 0.15) is 27.7 Å². The van der Waals surface area contributed by atoms with E-state index in [1.54, 1.807) is 30.3 Å². The number of aryl methyl sites for hydroxylation is 2. The number of benzene rings is 5.